The number of piperidine rings is 1. The summed E-state index contributed by atoms with van der Waals surface area (Å²) in [6.07, 6.45) is 1.52. The maximum atomic E-state index is 9.78. The molecule has 0 radical (unpaired) electrons. The fourth-order valence-electron chi connectivity index (χ4n) is 2.79. The van der Waals surface area contributed by atoms with Crippen LogP contribution in [0.3, 0.4) is 0 Å². The lowest BCUT2D eigenvalue weighted by Crippen LogP contribution is -2.39. The molecule has 1 atom stereocenters. The number of likely N-dealkylation sites (tertiary alicyclic amines) is 1. The number of nitrogens with zero attached hydrogens (tertiary/aromatic N) is 3. The number of β-amino-alcohol motifs (C(OH)–C–C–N with tert-alkyl or cyclic N) is 1. The lowest BCUT2D eigenvalue weighted by Gasteiger charge is -2.29. The Morgan fingerprint density at radius 1 is 1.29 bits per heavy atom. The second-order valence-corrected chi connectivity index (χ2v) is 6.14. The monoisotopic (exact) mass is 351 g/mol. The number of aromatic nitrogens is 2. The normalized spacial score (nSPS) is 18.5. The molecule has 24 heavy (non-hydrogen) atoms. The van der Waals surface area contributed by atoms with Gasteiger partial charge in [0.25, 0.3) is 4.84 Å². The molecule has 1 aliphatic rings. The standard InChI is InChI=1S/C16H21N3O4S/c1-21-13-6-11(7-14(8-13)22-2)15-17-19(16(24)23-15)10-18-5-3-4-12(20)9-18/h6-8,12,20H,3-5,9-10H2,1-2H3/t12-/m1/s1. The molecule has 2 heterocycles. The van der Waals surface area contributed by atoms with Crippen molar-refractivity contribution in [2.45, 2.75) is 25.6 Å². The molecular formula is C16H21N3O4S. The van der Waals surface area contributed by atoms with E-state index in [0.717, 1.165) is 24.9 Å². The summed E-state index contributed by atoms with van der Waals surface area (Å²) in [5.41, 5.74) is 0.731. The third kappa shape index (κ3) is 3.77. The van der Waals surface area contributed by atoms with E-state index in [-0.39, 0.29) is 6.10 Å². The summed E-state index contributed by atoms with van der Waals surface area (Å²) in [5.74, 6) is 1.72. The predicted octanol–water partition coefficient (Wildman–Crippen LogP) is 2.30. The van der Waals surface area contributed by atoms with Crippen LogP contribution in [-0.2, 0) is 6.67 Å². The topological polar surface area (TPSA) is 72.9 Å². The Hall–Kier alpha value is -1.90. The van der Waals surface area contributed by atoms with E-state index in [4.69, 9.17) is 26.1 Å². The van der Waals surface area contributed by atoms with Gasteiger partial charge in [0.15, 0.2) is 0 Å². The van der Waals surface area contributed by atoms with Gasteiger partial charge in [-0.05, 0) is 37.2 Å². The molecule has 1 fully saturated rings. The van der Waals surface area contributed by atoms with E-state index >= 15 is 0 Å². The minimum absolute atomic E-state index is 0.290. The summed E-state index contributed by atoms with van der Waals surface area (Å²) in [4.78, 5) is 2.41. The van der Waals surface area contributed by atoms with E-state index in [9.17, 15) is 5.11 Å². The van der Waals surface area contributed by atoms with Crippen LogP contribution in [0, 0.1) is 4.84 Å². The SMILES string of the molecule is COc1cc(OC)cc(-c2nn(CN3CCC[C@@H](O)C3)c(=S)o2)c1. The Bertz CT molecular complexity index is 736. The number of aliphatic hydroxyl groups excluding tert-OH is 1. The number of aliphatic hydroxyl groups is 1. The van der Waals surface area contributed by atoms with Gasteiger partial charge in [-0.3, -0.25) is 4.90 Å². The molecule has 1 N–H and O–H groups in total. The van der Waals surface area contributed by atoms with Crippen molar-refractivity contribution < 1.29 is 19.0 Å². The van der Waals surface area contributed by atoms with Crippen molar-refractivity contribution in [3.8, 4) is 23.0 Å². The first-order valence-electron chi connectivity index (χ1n) is 7.81. The Morgan fingerprint density at radius 2 is 2.00 bits per heavy atom. The Kier molecular flexibility index (Phi) is 5.17. The first-order valence-corrected chi connectivity index (χ1v) is 8.21. The number of rotatable bonds is 5. The predicted molar refractivity (Wildman–Crippen MR) is 90.7 cm³/mol. The van der Waals surface area contributed by atoms with E-state index in [0.29, 0.717) is 35.4 Å². The minimum atomic E-state index is -0.290. The highest BCUT2D eigenvalue weighted by Crippen LogP contribution is 2.29. The van der Waals surface area contributed by atoms with Crippen LogP contribution in [0.2, 0.25) is 0 Å². The third-order valence-electron chi connectivity index (χ3n) is 4.02. The average Bonchev–Trinajstić information content (AvgIpc) is 2.95. The quantitative estimate of drug-likeness (QED) is 0.829. The van der Waals surface area contributed by atoms with Crippen LogP contribution in [0.25, 0.3) is 11.5 Å². The van der Waals surface area contributed by atoms with E-state index < -0.39 is 0 Å². The summed E-state index contributed by atoms with van der Waals surface area (Å²) in [6.45, 7) is 2.03. The van der Waals surface area contributed by atoms with Crippen molar-refractivity contribution in [2.24, 2.45) is 0 Å². The molecule has 0 aliphatic carbocycles. The molecule has 0 saturated carbocycles. The maximum Gasteiger partial charge on any atom is 0.288 e. The molecule has 1 saturated heterocycles. The molecule has 1 aliphatic heterocycles. The molecule has 1 aromatic carbocycles. The maximum absolute atomic E-state index is 9.78. The van der Waals surface area contributed by atoms with E-state index in [1.54, 1.807) is 25.0 Å². The van der Waals surface area contributed by atoms with Crippen molar-refractivity contribution in [3.63, 3.8) is 0 Å². The van der Waals surface area contributed by atoms with E-state index in [1.807, 2.05) is 12.1 Å². The van der Waals surface area contributed by atoms with Crippen molar-refractivity contribution in [1.82, 2.24) is 14.7 Å². The summed E-state index contributed by atoms with van der Waals surface area (Å²) in [6, 6.07) is 5.42. The first kappa shape index (κ1) is 16.9. The van der Waals surface area contributed by atoms with Gasteiger partial charge < -0.3 is 19.0 Å². The second-order valence-electron chi connectivity index (χ2n) is 5.79. The van der Waals surface area contributed by atoms with Crippen LogP contribution in [0.15, 0.2) is 22.6 Å². The molecule has 7 nitrogen and oxygen atoms in total. The first-order chi connectivity index (χ1) is 11.6. The highest BCUT2D eigenvalue weighted by Gasteiger charge is 2.19. The summed E-state index contributed by atoms with van der Waals surface area (Å²) in [7, 11) is 3.18. The summed E-state index contributed by atoms with van der Waals surface area (Å²) >= 11 is 5.28. The number of hydrogen-bond donors (Lipinski definition) is 1. The van der Waals surface area contributed by atoms with Gasteiger partial charge in [-0.2, -0.15) is 0 Å². The summed E-state index contributed by atoms with van der Waals surface area (Å²) in [5, 5.41) is 14.2. The molecule has 0 unspecified atom stereocenters. The van der Waals surface area contributed by atoms with Gasteiger partial charge in [-0.1, -0.05) is 0 Å². The number of ether oxygens (including phenoxy) is 2. The summed E-state index contributed by atoms with van der Waals surface area (Å²) < 4.78 is 17.8. The number of hydrogen-bond acceptors (Lipinski definition) is 7. The van der Waals surface area contributed by atoms with Crippen LogP contribution in [0.5, 0.6) is 11.5 Å². The van der Waals surface area contributed by atoms with Crippen LogP contribution in [0.4, 0.5) is 0 Å². The van der Waals surface area contributed by atoms with Crippen LogP contribution >= 0.6 is 12.2 Å². The molecular weight excluding hydrogens is 330 g/mol. The van der Waals surface area contributed by atoms with Gasteiger partial charge in [0.05, 0.1) is 27.0 Å². The molecule has 3 rings (SSSR count). The van der Waals surface area contributed by atoms with Crippen molar-refractivity contribution in [2.75, 3.05) is 27.3 Å². The molecule has 8 heteroatoms. The molecule has 0 spiro atoms. The van der Waals surface area contributed by atoms with Crippen molar-refractivity contribution in [3.05, 3.63) is 23.0 Å². The average molecular weight is 351 g/mol. The number of methoxy groups -OCH3 is 2. The Labute approximate surface area is 145 Å². The lowest BCUT2D eigenvalue weighted by atomic mass is 10.1. The van der Waals surface area contributed by atoms with Crippen LogP contribution in [-0.4, -0.2) is 53.2 Å². The molecule has 1 aromatic heterocycles. The highest BCUT2D eigenvalue weighted by molar-refractivity contribution is 7.71. The highest BCUT2D eigenvalue weighted by atomic mass is 32.1. The molecule has 130 valence electrons. The number of benzene rings is 1. The van der Waals surface area contributed by atoms with E-state index in [2.05, 4.69) is 10.00 Å². The van der Waals surface area contributed by atoms with Gasteiger partial charge in [0, 0.05) is 24.7 Å². The van der Waals surface area contributed by atoms with Crippen LogP contribution < -0.4 is 9.47 Å². The zero-order chi connectivity index (χ0) is 17.1. The minimum Gasteiger partial charge on any atom is -0.497 e. The Morgan fingerprint density at radius 3 is 2.62 bits per heavy atom. The molecule has 0 bridgehead atoms. The fourth-order valence-corrected chi connectivity index (χ4v) is 2.97. The van der Waals surface area contributed by atoms with Gasteiger partial charge in [0.1, 0.15) is 11.5 Å². The smallest absolute Gasteiger partial charge is 0.288 e. The largest absolute Gasteiger partial charge is 0.497 e. The third-order valence-corrected chi connectivity index (χ3v) is 4.31. The van der Waals surface area contributed by atoms with Crippen LogP contribution in [0.1, 0.15) is 12.8 Å². The van der Waals surface area contributed by atoms with Gasteiger partial charge >= 0.3 is 0 Å². The van der Waals surface area contributed by atoms with E-state index in [1.165, 1.54) is 0 Å². The zero-order valence-corrected chi connectivity index (χ0v) is 14.6. The Balaban J connectivity index is 1.84. The van der Waals surface area contributed by atoms with Gasteiger partial charge in [-0.25, -0.2) is 4.68 Å². The van der Waals surface area contributed by atoms with Crippen molar-refractivity contribution in [1.29, 1.82) is 0 Å². The van der Waals surface area contributed by atoms with Gasteiger partial charge in [-0.15, -0.1) is 5.10 Å². The second kappa shape index (κ2) is 7.33. The van der Waals surface area contributed by atoms with Crippen molar-refractivity contribution >= 4 is 12.2 Å². The molecule has 2 aromatic rings. The lowest BCUT2D eigenvalue weighted by molar-refractivity contribution is 0.0509. The van der Waals surface area contributed by atoms with Gasteiger partial charge in [0.2, 0.25) is 5.89 Å². The molecule has 0 amide bonds. The zero-order valence-electron chi connectivity index (χ0n) is 13.8. The fraction of sp³-hybridized carbons (Fsp3) is 0.500.